The zero-order valence-corrected chi connectivity index (χ0v) is 15.6. The molecule has 0 saturated carbocycles. The lowest BCUT2D eigenvalue weighted by atomic mass is 10.1. The van der Waals surface area contributed by atoms with Crippen molar-refractivity contribution in [2.24, 2.45) is 0 Å². The van der Waals surface area contributed by atoms with E-state index in [4.69, 9.17) is 9.84 Å². The van der Waals surface area contributed by atoms with E-state index in [1.807, 2.05) is 24.3 Å². The number of carboxylic acid groups (broad SMARTS) is 1. The first-order chi connectivity index (χ1) is 13.6. The van der Waals surface area contributed by atoms with Crippen LogP contribution in [0.15, 0.2) is 72.8 Å². The summed E-state index contributed by atoms with van der Waals surface area (Å²) in [6.45, 7) is 0.362. The molecule has 0 unspecified atom stereocenters. The number of nitrogens with zero attached hydrogens (tertiary/aromatic N) is 1. The van der Waals surface area contributed by atoms with E-state index in [1.165, 1.54) is 16.7 Å². The van der Waals surface area contributed by atoms with Crippen LogP contribution in [0.1, 0.15) is 20.8 Å². The fourth-order valence-corrected chi connectivity index (χ4v) is 3.84. The van der Waals surface area contributed by atoms with Gasteiger partial charge in [0.25, 0.3) is 0 Å². The van der Waals surface area contributed by atoms with Gasteiger partial charge in [-0.3, -0.25) is 0 Å². The molecule has 0 aliphatic carbocycles. The molecule has 0 amide bonds. The first-order valence-electron chi connectivity index (χ1n) is 8.62. The van der Waals surface area contributed by atoms with Crippen molar-refractivity contribution in [1.82, 2.24) is 0 Å². The number of thiophene rings is 1. The zero-order valence-electron chi connectivity index (χ0n) is 14.8. The highest BCUT2D eigenvalue weighted by Crippen LogP contribution is 2.32. The SMILES string of the molecule is N#Cc1cc(-c2ccc(C(=O)O)s2)ccc1OCc1ccc2ccccc2c1. The standard InChI is InChI=1S/C23H15NO3S/c24-13-19-12-18(21-9-10-22(28-21)23(25)26)7-8-20(19)27-14-15-5-6-16-3-1-2-4-17(16)11-15/h1-12H,14H2,(H,25,26). The van der Waals surface area contributed by atoms with Crippen LogP contribution in [0.3, 0.4) is 0 Å². The van der Waals surface area contributed by atoms with Gasteiger partial charge in [0, 0.05) is 4.88 Å². The maximum absolute atomic E-state index is 11.1. The molecule has 0 aliphatic rings. The highest BCUT2D eigenvalue weighted by atomic mass is 32.1. The predicted molar refractivity (Wildman–Crippen MR) is 110 cm³/mol. The molecule has 136 valence electrons. The molecule has 0 radical (unpaired) electrons. The van der Waals surface area contributed by atoms with Gasteiger partial charge in [-0.2, -0.15) is 5.26 Å². The van der Waals surface area contributed by atoms with Crippen molar-refractivity contribution >= 4 is 28.1 Å². The Morgan fingerprint density at radius 1 is 1.00 bits per heavy atom. The van der Waals surface area contributed by atoms with E-state index in [-0.39, 0.29) is 4.88 Å². The van der Waals surface area contributed by atoms with Gasteiger partial charge in [-0.15, -0.1) is 11.3 Å². The summed E-state index contributed by atoms with van der Waals surface area (Å²) in [6.07, 6.45) is 0. The third kappa shape index (κ3) is 3.59. The molecule has 4 aromatic rings. The van der Waals surface area contributed by atoms with E-state index in [0.29, 0.717) is 17.9 Å². The molecular formula is C23H15NO3S. The number of rotatable bonds is 5. The lowest BCUT2D eigenvalue weighted by molar-refractivity contribution is 0.0702. The number of carbonyl (C=O) groups is 1. The van der Waals surface area contributed by atoms with Gasteiger partial charge in [0.15, 0.2) is 0 Å². The van der Waals surface area contributed by atoms with E-state index in [2.05, 4.69) is 30.3 Å². The maximum Gasteiger partial charge on any atom is 0.345 e. The zero-order chi connectivity index (χ0) is 19.5. The molecule has 3 aromatic carbocycles. The van der Waals surface area contributed by atoms with Crippen LogP contribution >= 0.6 is 11.3 Å². The Bertz CT molecular complexity index is 1220. The lowest BCUT2D eigenvalue weighted by Gasteiger charge is -2.10. The molecule has 0 saturated heterocycles. The molecule has 0 bridgehead atoms. The summed E-state index contributed by atoms with van der Waals surface area (Å²) in [6, 6.07) is 25.1. The van der Waals surface area contributed by atoms with Gasteiger partial charge >= 0.3 is 5.97 Å². The lowest BCUT2D eigenvalue weighted by Crippen LogP contribution is -1.97. The summed E-state index contributed by atoms with van der Waals surface area (Å²) in [5.41, 5.74) is 2.24. The topological polar surface area (TPSA) is 70.3 Å². The van der Waals surface area contributed by atoms with Crippen molar-refractivity contribution in [3.05, 3.63) is 88.8 Å². The number of aromatic carboxylic acids is 1. The third-order valence-corrected chi connectivity index (χ3v) is 5.53. The Hall–Kier alpha value is -3.62. The number of hydrogen-bond donors (Lipinski definition) is 1. The second-order valence-electron chi connectivity index (χ2n) is 6.26. The summed E-state index contributed by atoms with van der Waals surface area (Å²) in [5, 5.41) is 20.9. The predicted octanol–water partition coefficient (Wildman–Crippen LogP) is 5.72. The molecule has 0 atom stereocenters. The summed E-state index contributed by atoms with van der Waals surface area (Å²) < 4.78 is 5.88. The minimum absolute atomic E-state index is 0.269. The average Bonchev–Trinajstić information content (AvgIpc) is 3.22. The second kappa shape index (κ2) is 7.55. The number of nitriles is 1. The van der Waals surface area contributed by atoms with E-state index in [9.17, 15) is 10.1 Å². The molecule has 4 rings (SSSR count). The number of hydrogen-bond acceptors (Lipinski definition) is 4. The quantitative estimate of drug-likeness (QED) is 0.477. The Morgan fingerprint density at radius 3 is 2.57 bits per heavy atom. The van der Waals surface area contributed by atoms with Crippen LogP contribution in [0.25, 0.3) is 21.2 Å². The van der Waals surface area contributed by atoms with Crippen LogP contribution in [-0.4, -0.2) is 11.1 Å². The first kappa shape index (κ1) is 17.8. The Labute approximate surface area is 165 Å². The van der Waals surface area contributed by atoms with Gasteiger partial charge in [-0.1, -0.05) is 36.4 Å². The maximum atomic E-state index is 11.1. The van der Waals surface area contributed by atoms with Gasteiger partial charge in [0.05, 0.1) is 5.56 Å². The number of ether oxygens (including phenoxy) is 1. The summed E-state index contributed by atoms with van der Waals surface area (Å²) in [7, 11) is 0. The second-order valence-corrected chi connectivity index (χ2v) is 7.35. The smallest absolute Gasteiger partial charge is 0.345 e. The van der Waals surface area contributed by atoms with Gasteiger partial charge in [-0.25, -0.2) is 4.79 Å². The Morgan fingerprint density at radius 2 is 1.82 bits per heavy atom. The molecule has 0 spiro atoms. The van der Waals surface area contributed by atoms with Crippen LogP contribution in [0.4, 0.5) is 0 Å². The van der Waals surface area contributed by atoms with Gasteiger partial charge < -0.3 is 9.84 Å². The van der Waals surface area contributed by atoms with Crippen molar-refractivity contribution in [2.75, 3.05) is 0 Å². The normalized spacial score (nSPS) is 10.5. The van der Waals surface area contributed by atoms with Crippen molar-refractivity contribution in [3.63, 3.8) is 0 Å². The van der Waals surface area contributed by atoms with E-state index < -0.39 is 5.97 Å². The van der Waals surface area contributed by atoms with Gasteiger partial charge in [0.1, 0.15) is 23.3 Å². The van der Waals surface area contributed by atoms with E-state index >= 15 is 0 Å². The summed E-state index contributed by atoms with van der Waals surface area (Å²) in [5.74, 6) is -0.443. The third-order valence-electron chi connectivity index (χ3n) is 4.41. The molecule has 0 aliphatic heterocycles. The van der Waals surface area contributed by atoms with Gasteiger partial charge in [-0.05, 0) is 58.3 Å². The Balaban J connectivity index is 1.55. The highest BCUT2D eigenvalue weighted by Gasteiger charge is 2.11. The van der Waals surface area contributed by atoms with Crippen LogP contribution in [0, 0.1) is 11.3 Å². The molecule has 1 heterocycles. The van der Waals surface area contributed by atoms with Crippen molar-refractivity contribution < 1.29 is 14.6 Å². The Kier molecular flexibility index (Phi) is 4.79. The molecular weight excluding hydrogens is 370 g/mol. The highest BCUT2D eigenvalue weighted by molar-refractivity contribution is 7.17. The fraction of sp³-hybridized carbons (Fsp3) is 0.0435. The van der Waals surface area contributed by atoms with Crippen LogP contribution in [-0.2, 0) is 6.61 Å². The van der Waals surface area contributed by atoms with Crippen molar-refractivity contribution in [1.29, 1.82) is 5.26 Å². The molecule has 5 heteroatoms. The van der Waals surface area contributed by atoms with Crippen molar-refractivity contribution in [3.8, 4) is 22.3 Å². The van der Waals surface area contributed by atoms with E-state index in [0.717, 1.165) is 21.4 Å². The van der Waals surface area contributed by atoms with E-state index in [1.54, 1.807) is 24.3 Å². The number of fused-ring (bicyclic) bond motifs is 1. The summed E-state index contributed by atoms with van der Waals surface area (Å²) >= 11 is 1.18. The first-order valence-corrected chi connectivity index (χ1v) is 9.44. The summed E-state index contributed by atoms with van der Waals surface area (Å²) in [4.78, 5) is 12.1. The number of benzene rings is 3. The van der Waals surface area contributed by atoms with Crippen LogP contribution in [0.2, 0.25) is 0 Å². The van der Waals surface area contributed by atoms with Crippen LogP contribution < -0.4 is 4.74 Å². The van der Waals surface area contributed by atoms with Crippen molar-refractivity contribution in [2.45, 2.75) is 6.61 Å². The van der Waals surface area contributed by atoms with Gasteiger partial charge in [0.2, 0.25) is 0 Å². The molecule has 0 fully saturated rings. The average molecular weight is 385 g/mol. The fourth-order valence-electron chi connectivity index (χ4n) is 2.99. The molecule has 4 nitrogen and oxygen atoms in total. The monoisotopic (exact) mass is 385 g/mol. The molecule has 1 aromatic heterocycles. The largest absolute Gasteiger partial charge is 0.488 e. The van der Waals surface area contributed by atoms with Crippen LogP contribution in [0.5, 0.6) is 5.75 Å². The molecule has 28 heavy (non-hydrogen) atoms. The number of carboxylic acids is 1. The minimum Gasteiger partial charge on any atom is -0.488 e. The minimum atomic E-state index is -0.952. The molecule has 1 N–H and O–H groups in total.